The lowest BCUT2D eigenvalue weighted by Crippen LogP contribution is -2.51. The number of hydrogen-bond donors (Lipinski definition) is 2. The molecule has 0 atom stereocenters. The number of likely N-dealkylation sites (tertiary alicyclic amines) is 2. The maximum Gasteiger partial charge on any atom is 0.312 e. The Kier molecular flexibility index (Phi) is 4.99. The van der Waals surface area contributed by atoms with Crippen LogP contribution in [0.4, 0.5) is 0 Å². The molecule has 8 heteroatoms. The van der Waals surface area contributed by atoms with Crippen LogP contribution < -0.4 is 11.5 Å². The molecule has 2 heterocycles. The molecular weight excluding hydrogens is 288 g/mol. The van der Waals surface area contributed by atoms with E-state index in [4.69, 9.17) is 11.5 Å². The number of rotatable bonds is 2. The molecule has 0 aliphatic carbocycles. The lowest BCUT2D eigenvalue weighted by atomic mass is 9.95. The van der Waals surface area contributed by atoms with E-state index in [-0.39, 0.29) is 23.7 Å². The fourth-order valence-corrected chi connectivity index (χ4v) is 3.00. The molecular formula is C14H22N4O4. The summed E-state index contributed by atoms with van der Waals surface area (Å²) in [5.41, 5.74) is 10.5. The zero-order chi connectivity index (χ0) is 16.3. The molecule has 0 aromatic carbocycles. The predicted octanol–water partition coefficient (Wildman–Crippen LogP) is -1.57. The van der Waals surface area contributed by atoms with Crippen molar-refractivity contribution in [2.75, 3.05) is 26.2 Å². The Bertz CT molecular complexity index is 433. The van der Waals surface area contributed by atoms with E-state index in [1.165, 1.54) is 9.80 Å². The number of nitrogens with two attached hydrogens (primary N) is 2. The standard InChI is InChI=1S/C14H22N4O4/c15-11(19)9-1-5-17(6-2-9)13(21)14(22)18-7-3-10(4-8-18)12(16)20/h9-10H,1-8H2,(H2,15,19)(H2,16,20). The third kappa shape index (κ3) is 3.55. The van der Waals surface area contributed by atoms with Gasteiger partial charge in [0.15, 0.2) is 0 Å². The van der Waals surface area contributed by atoms with Crippen molar-refractivity contribution in [3.8, 4) is 0 Å². The average Bonchev–Trinajstić information content (AvgIpc) is 2.53. The number of hydrogen-bond acceptors (Lipinski definition) is 4. The van der Waals surface area contributed by atoms with Crippen molar-refractivity contribution in [3.05, 3.63) is 0 Å². The van der Waals surface area contributed by atoms with Crippen molar-refractivity contribution in [1.82, 2.24) is 9.80 Å². The Morgan fingerprint density at radius 1 is 0.636 bits per heavy atom. The van der Waals surface area contributed by atoms with Crippen LogP contribution in [0.3, 0.4) is 0 Å². The summed E-state index contributed by atoms with van der Waals surface area (Å²) in [6, 6.07) is 0. The van der Waals surface area contributed by atoms with E-state index in [1.54, 1.807) is 0 Å². The molecule has 122 valence electrons. The summed E-state index contributed by atoms with van der Waals surface area (Å²) < 4.78 is 0. The fraction of sp³-hybridized carbons (Fsp3) is 0.714. The lowest BCUT2D eigenvalue weighted by Gasteiger charge is -2.34. The Morgan fingerprint density at radius 3 is 1.14 bits per heavy atom. The topological polar surface area (TPSA) is 127 Å². The number of carbonyl (C=O) groups is 4. The van der Waals surface area contributed by atoms with E-state index >= 15 is 0 Å². The molecule has 0 unspecified atom stereocenters. The van der Waals surface area contributed by atoms with Crippen molar-refractivity contribution in [2.45, 2.75) is 25.7 Å². The molecule has 2 saturated heterocycles. The van der Waals surface area contributed by atoms with Crippen LogP contribution in [0, 0.1) is 11.8 Å². The highest BCUT2D eigenvalue weighted by Gasteiger charge is 2.33. The molecule has 8 nitrogen and oxygen atoms in total. The summed E-state index contributed by atoms with van der Waals surface area (Å²) >= 11 is 0. The third-order valence-corrected chi connectivity index (χ3v) is 4.55. The molecule has 4 N–H and O–H groups in total. The van der Waals surface area contributed by atoms with Crippen LogP contribution in [0.2, 0.25) is 0 Å². The number of carbonyl (C=O) groups excluding carboxylic acids is 4. The highest BCUT2D eigenvalue weighted by molar-refractivity contribution is 6.34. The van der Waals surface area contributed by atoms with Gasteiger partial charge in [-0.05, 0) is 25.7 Å². The van der Waals surface area contributed by atoms with Gasteiger partial charge in [-0.15, -0.1) is 0 Å². The number of nitrogens with zero attached hydrogens (tertiary/aromatic N) is 2. The second kappa shape index (κ2) is 6.76. The normalized spacial score (nSPS) is 20.7. The summed E-state index contributed by atoms with van der Waals surface area (Å²) in [5, 5.41) is 0. The second-order valence-corrected chi connectivity index (χ2v) is 5.94. The van der Waals surface area contributed by atoms with E-state index in [0.29, 0.717) is 51.9 Å². The first-order valence-corrected chi connectivity index (χ1v) is 7.57. The summed E-state index contributed by atoms with van der Waals surface area (Å²) in [6.45, 7) is 1.48. The van der Waals surface area contributed by atoms with Gasteiger partial charge in [0.05, 0.1) is 0 Å². The first kappa shape index (κ1) is 16.3. The minimum atomic E-state index is -0.541. The van der Waals surface area contributed by atoms with Gasteiger partial charge in [-0.2, -0.15) is 0 Å². The quantitative estimate of drug-likeness (QED) is 0.598. The van der Waals surface area contributed by atoms with E-state index in [1.807, 2.05) is 0 Å². The number of amides is 4. The monoisotopic (exact) mass is 310 g/mol. The van der Waals surface area contributed by atoms with Crippen LogP contribution in [0.5, 0.6) is 0 Å². The smallest absolute Gasteiger partial charge is 0.312 e. The first-order chi connectivity index (χ1) is 10.4. The molecule has 0 saturated carbocycles. The van der Waals surface area contributed by atoms with Crippen LogP contribution in [0.1, 0.15) is 25.7 Å². The minimum Gasteiger partial charge on any atom is -0.369 e. The van der Waals surface area contributed by atoms with Crippen molar-refractivity contribution in [1.29, 1.82) is 0 Å². The molecule has 2 rings (SSSR count). The van der Waals surface area contributed by atoms with Gasteiger partial charge >= 0.3 is 11.8 Å². The number of piperidine rings is 2. The van der Waals surface area contributed by atoms with Crippen molar-refractivity contribution in [3.63, 3.8) is 0 Å². The average molecular weight is 310 g/mol. The lowest BCUT2D eigenvalue weighted by molar-refractivity contribution is -0.154. The van der Waals surface area contributed by atoms with Crippen molar-refractivity contribution >= 4 is 23.6 Å². The van der Waals surface area contributed by atoms with Crippen LogP contribution in [-0.4, -0.2) is 59.6 Å². The van der Waals surface area contributed by atoms with Crippen LogP contribution >= 0.6 is 0 Å². The summed E-state index contributed by atoms with van der Waals surface area (Å²) in [6.07, 6.45) is 1.99. The maximum absolute atomic E-state index is 12.2. The maximum atomic E-state index is 12.2. The molecule has 2 aliphatic rings. The van der Waals surface area contributed by atoms with Gasteiger partial charge in [0.1, 0.15) is 0 Å². The summed E-state index contributed by atoms with van der Waals surface area (Å²) in [5.74, 6) is -2.23. The minimum absolute atomic E-state index is 0.217. The van der Waals surface area contributed by atoms with Gasteiger partial charge in [-0.25, -0.2) is 0 Å². The van der Waals surface area contributed by atoms with E-state index in [2.05, 4.69) is 0 Å². The van der Waals surface area contributed by atoms with Gasteiger partial charge in [-0.3, -0.25) is 19.2 Å². The van der Waals surface area contributed by atoms with Crippen molar-refractivity contribution in [2.24, 2.45) is 23.3 Å². The van der Waals surface area contributed by atoms with Gasteiger partial charge < -0.3 is 21.3 Å². The highest BCUT2D eigenvalue weighted by Crippen LogP contribution is 2.19. The third-order valence-electron chi connectivity index (χ3n) is 4.55. The molecule has 0 aromatic rings. The zero-order valence-corrected chi connectivity index (χ0v) is 12.5. The molecule has 22 heavy (non-hydrogen) atoms. The molecule has 0 radical (unpaired) electrons. The molecule has 2 fully saturated rings. The van der Waals surface area contributed by atoms with E-state index < -0.39 is 11.8 Å². The van der Waals surface area contributed by atoms with E-state index in [9.17, 15) is 19.2 Å². The highest BCUT2D eigenvalue weighted by atomic mass is 16.2. The van der Waals surface area contributed by atoms with Crippen LogP contribution in [-0.2, 0) is 19.2 Å². The Balaban J connectivity index is 1.84. The molecule has 4 amide bonds. The van der Waals surface area contributed by atoms with Crippen LogP contribution in [0.15, 0.2) is 0 Å². The largest absolute Gasteiger partial charge is 0.369 e. The molecule has 2 aliphatic heterocycles. The summed E-state index contributed by atoms with van der Waals surface area (Å²) in [4.78, 5) is 49.6. The number of primary amides is 2. The molecule has 0 bridgehead atoms. The van der Waals surface area contributed by atoms with Gasteiger partial charge in [0, 0.05) is 38.0 Å². The Labute approximate surface area is 128 Å². The van der Waals surface area contributed by atoms with Gasteiger partial charge in [0.2, 0.25) is 11.8 Å². The SMILES string of the molecule is NC(=O)C1CCN(C(=O)C(=O)N2CCC(C(N)=O)CC2)CC1. The first-order valence-electron chi connectivity index (χ1n) is 7.57. The van der Waals surface area contributed by atoms with Crippen LogP contribution in [0.25, 0.3) is 0 Å². The van der Waals surface area contributed by atoms with E-state index in [0.717, 1.165) is 0 Å². The Hall–Kier alpha value is -2.12. The fourth-order valence-electron chi connectivity index (χ4n) is 3.00. The predicted molar refractivity (Wildman–Crippen MR) is 77.0 cm³/mol. The summed E-state index contributed by atoms with van der Waals surface area (Å²) in [7, 11) is 0. The Morgan fingerprint density at radius 2 is 0.909 bits per heavy atom. The second-order valence-electron chi connectivity index (χ2n) is 5.94. The zero-order valence-electron chi connectivity index (χ0n) is 12.5. The van der Waals surface area contributed by atoms with Gasteiger partial charge in [0.25, 0.3) is 0 Å². The van der Waals surface area contributed by atoms with Gasteiger partial charge in [-0.1, -0.05) is 0 Å². The molecule has 0 aromatic heterocycles. The van der Waals surface area contributed by atoms with Crippen molar-refractivity contribution < 1.29 is 19.2 Å². The molecule has 0 spiro atoms.